The summed E-state index contributed by atoms with van der Waals surface area (Å²) in [7, 11) is 0. The van der Waals surface area contributed by atoms with Crippen LogP contribution in [0.3, 0.4) is 0 Å². The number of halogens is 2. The molecule has 0 unspecified atom stereocenters. The third-order valence-electron chi connectivity index (χ3n) is 4.54. The molecular weight excluding hydrogens is 356 g/mol. The summed E-state index contributed by atoms with van der Waals surface area (Å²) in [5.41, 5.74) is 1.39. The van der Waals surface area contributed by atoms with Crippen molar-refractivity contribution >= 4 is 23.3 Å². The molecule has 0 aliphatic carbocycles. The number of aromatic amines is 1. The molecule has 0 aliphatic rings. The van der Waals surface area contributed by atoms with Crippen molar-refractivity contribution < 1.29 is 8.78 Å². The summed E-state index contributed by atoms with van der Waals surface area (Å²) in [4.78, 5) is 19.4. The van der Waals surface area contributed by atoms with E-state index in [4.69, 9.17) is 12.2 Å². The van der Waals surface area contributed by atoms with Gasteiger partial charge in [-0.3, -0.25) is 14.3 Å². The van der Waals surface area contributed by atoms with E-state index in [0.717, 1.165) is 12.0 Å². The van der Waals surface area contributed by atoms with E-state index in [1.807, 2.05) is 45.0 Å². The van der Waals surface area contributed by atoms with Gasteiger partial charge in [0.15, 0.2) is 4.77 Å². The van der Waals surface area contributed by atoms with Gasteiger partial charge in [-0.25, -0.2) is 13.8 Å². The Balaban J connectivity index is 2.45. The summed E-state index contributed by atoms with van der Waals surface area (Å²) in [6.45, 7) is 5.82. The average molecular weight is 375 g/mol. The Labute approximate surface area is 154 Å². The first-order valence-corrected chi connectivity index (χ1v) is 8.79. The second-order valence-corrected chi connectivity index (χ2v) is 6.74. The van der Waals surface area contributed by atoms with E-state index in [9.17, 15) is 13.6 Å². The fourth-order valence-corrected chi connectivity index (χ4v) is 3.27. The molecule has 0 spiro atoms. The summed E-state index contributed by atoms with van der Waals surface area (Å²) in [5, 5.41) is -0.107. The first kappa shape index (κ1) is 18.4. The largest absolute Gasteiger partial charge is 0.300 e. The van der Waals surface area contributed by atoms with Crippen LogP contribution in [-0.2, 0) is 0 Å². The van der Waals surface area contributed by atoms with Crippen LogP contribution in [0.25, 0.3) is 22.3 Å². The third-order valence-corrected chi connectivity index (χ3v) is 4.84. The summed E-state index contributed by atoms with van der Waals surface area (Å²) in [6.07, 6.45) is -2.08. The molecular formula is C19H19F2N3OS. The molecule has 2 aromatic heterocycles. The first-order chi connectivity index (χ1) is 12.3. The number of rotatable bonds is 4. The Morgan fingerprint density at radius 2 is 1.92 bits per heavy atom. The summed E-state index contributed by atoms with van der Waals surface area (Å²) in [5.74, 6) is 0. The molecule has 0 amide bonds. The van der Waals surface area contributed by atoms with Crippen LogP contribution in [0.5, 0.6) is 0 Å². The molecule has 0 radical (unpaired) electrons. The minimum absolute atomic E-state index is 0.0897. The second-order valence-electron chi connectivity index (χ2n) is 6.35. The van der Waals surface area contributed by atoms with Gasteiger partial charge in [0, 0.05) is 17.2 Å². The summed E-state index contributed by atoms with van der Waals surface area (Å²) < 4.78 is 29.3. The quantitative estimate of drug-likeness (QED) is 0.627. The zero-order valence-electron chi connectivity index (χ0n) is 14.7. The maximum absolute atomic E-state index is 13.7. The summed E-state index contributed by atoms with van der Waals surface area (Å²) in [6, 6.07) is 8.64. The number of hydrogen-bond acceptors (Lipinski definition) is 3. The molecule has 3 rings (SSSR count). The highest BCUT2D eigenvalue weighted by atomic mass is 32.1. The molecule has 4 nitrogen and oxygen atoms in total. The van der Waals surface area contributed by atoms with Crippen molar-refractivity contribution in [3.05, 3.63) is 56.6 Å². The number of pyridine rings is 1. The van der Waals surface area contributed by atoms with Gasteiger partial charge >= 0.3 is 0 Å². The van der Waals surface area contributed by atoms with Gasteiger partial charge in [0.1, 0.15) is 5.65 Å². The fourth-order valence-electron chi connectivity index (χ4n) is 2.91. The van der Waals surface area contributed by atoms with Crippen LogP contribution in [0, 0.1) is 11.7 Å². The van der Waals surface area contributed by atoms with Gasteiger partial charge in [0.2, 0.25) is 0 Å². The number of H-pyrrole nitrogens is 1. The van der Waals surface area contributed by atoms with Crippen molar-refractivity contribution in [1.29, 1.82) is 0 Å². The topological polar surface area (TPSA) is 50.7 Å². The van der Waals surface area contributed by atoms with Crippen LogP contribution in [0.15, 0.2) is 35.1 Å². The number of nitrogens with zero attached hydrogens (tertiary/aromatic N) is 2. The van der Waals surface area contributed by atoms with Gasteiger partial charge in [-0.1, -0.05) is 36.8 Å². The Hall–Kier alpha value is -2.41. The van der Waals surface area contributed by atoms with Crippen LogP contribution in [0.1, 0.15) is 43.9 Å². The zero-order valence-corrected chi connectivity index (χ0v) is 15.5. The lowest BCUT2D eigenvalue weighted by Crippen LogP contribution is -2.19. The Morgan fingerprint density at radius 1 is 1.27 bits per heavy atom. The molecule has 7 heteroatoms. The van der Waals surface area contributed by atoms with Crippen molar-refractivity contribution in [2.45, 2.75) is 39.7 Å². The van der Waals surface area contributed by atoms with E-state index in [2.05, 4.69) is 9.97 Å². The van der Waals surface area contributed by atoms with Crippen molar-refractivity contribution in [3.8, 4) is 11.3 Å². The van der Waals surface area contributed by atoms with Gasteiger partial charge in [-0.2, -0.15) is 0 Å². The number of fused-ring (bicyclic) bond motifs is 1. The highest BCUT2D eigenvalue weighted by molar-refractivity contribution is 7.71. The molecule has 1 aromatic carbocycles. The predicted molar refractivity (Wildman–Crippen MR) is 101 cm³/mol. The zero-order chi connectivity index (χ0) is 19.0. The molecule has 136 valence electrons. The predicted octanol–water partition coefficient (Wildman–Crippen LogP) is 5.34. The number of benzene rings is 1. The van der Waals surface area contributed by atoms with Crippen LogP contribution in [-0.4, -0.2) is 14.5 Å². The van der Waals surface area contributed by atoms with Crippen LogP contribution in [0.2, 0.25) is 0 Å². The number of aryl methyl sites for hydroxylation is 1. The van der Waals surface area contributed by atoms with Crippen molar-refractivity contribution in [3.63, 3.8) is 0 Å². The molecule has 0 aliphatic heterocycles. The molecule has 1 atom stereocenters. The maximum atomic E-state index is 13.7. The van der Waals surface area contributed by atoms with E-state index in [0.29, 0.717) is 11.3 Å². The lowest BCUT2D eigenvalue weighted by Gasteiger charge is -2.18. The van der Waals surface area contributed by atoms with Crippen LogP contribution < -0.4 is 5.56 Å². The van der Waals surface area contributed by atoms with E-state index in [1.54, 1.807) is 4.57 Å². The average Bonchev–Trinajstić information content (AvgIpc) is 2.60. The van der Waals surface area contributed by atoms with Crippen LogP contribution >= 0.6 is 12.2 Å². The molecule has 0 saturated heterocycles. The lowest BCUT2D eigenvalue weighted by molar-refractivity contribution is 0.153. The molecule has 0 bridgehead atoms. The minimum Gasteiger partial charge on any atom is -0.300 e. The van der Waals surface area contributed by atoms with Gasteiger partial charge in [0.25, 0.3) is 12.0 Å². The van der Waals surface area contributed by atoms with Gasteiger partial charge < -0.3 is 0 Å². The standard InChI is InChI=1S/C19H19F2N3OS/c1-4-11(3)24-17-15(18(25)23-19(24)26)13(16(20)21)9-14(22-17)12-7-5-10(2)6-8-12/h5-9,11,16H,4H2,1-3H3,(H,23,25,26)/t11-/m1/s1. The smallest absolute Gasteiger partial charge is 0.264 e. The minimum atomic E-state index is -2.80. The fraction of sp³-hybridized carbons (Fsp3) is 0.316. The molecule has 0 saturated carbocycles. The van der Waals surface area contributed by atoms with Crippen LogP contribution in [0.4, 0.5) is 8.78 Å². The van der Waals surface area contributed by atoms with E-state index >= 15 is 0 Å². The summed E-state index contributed by atoms with van der Waals surface area (Å²) >= 11 is 5.28. The van der Waals surface area contributed by atoms with E-state index in [1.165, 1.54) is 6.07 Å². The maximum Gasteiger partial charge on any atom is 0.264 e. The lowest BCUT2D eigenvalue weighted by atomic mass is 10.1. The van der Waals surface area contributed by atoms with Crippen molar-refractivity contribution in [2.24, 2.45) is 0 Å². The highest BCUT2D eigenvalue weighted by Gasteiger charge is 2.21. The number of alkyl halides is 2. The van der Waals surface area contributed by atoms with E-state index < -0.39 is 12.0 Å². The molecule has 1 N–H and O–H groups in total. The van der Waals surface area contributed by atoms with Crippen molar-refractivity contribution in [2.75, 3.05) is 0 Å². The van der Waals surface area contributed by atoms with Gasteiger partial charge in [0.05, 0.1) is 11.1 Å². The van der Waals surface area contributed by atoms with E-state index in [-0.39, 0.29) is 27.4 Å². The molecule has 0 fully saturated rings. The molecule has 2 heterocycles. The molecule has 3 aromatic rings. The Kier molecular flexibility index (Phi) is 5.00. The normalized spacial score (nSPS) is 12.7. The van der Waals surface area contributed by atoms with Crippen molar-refractivity contribution in [1.82, 2.24) is 14.5 Å². The number of nitrogens with one attached hydrogen (secondary N) is 1. The molecule has 26 heavy (non-hydrogen) atoms. The van der Waals surface area contributed by atoms with Gasteiger partial charge in [-0.15, -0.1) is 0 Å². The number of hydrogen-bond donors (Lipinski definition) is 1. The Morgan fingerprint density at radius 3 is 2.50 bits per heavy atom. The monoisotopic (exact) mass is 375 g/mol. The second kappa shape index (κ2) is 7.07. The van der Waals surface area contributed by atoms with Gasteiger partial charge in [-0.05, 0) is 38.6 Å². The SMILES string of the molecule is CC[C@@H](C)n1c(=S)[nH]c(=O)c2c(C(F)F)cc(-c3ccc(C)cc3)nc21. The highest BCUT2D eigenvalue weighted by Crippen LogP contribution is 2.30. The Bertz CT molecular complexity index is 1070. The first-order valence-electron chi connectivity index (χ1n) is 8.38. The third kappa shape index (κ3) is 3.19. The number of aromatic nitrogens is 3.